The van der Waals surface area contributed by atoms with Crippen molar-refractivity contribution in [1.82, 2.24) is 15.5 Å². The molecule has 9 heteroatoms. The minimum absolute atomic E-state index is 0.0638. The van der Waals surface area contributed by atoms with E-state index in [4.69, 9.17) is 0 Å². The minimum Gasteiger partial charge on any atom is -0.357 e. The number of hydrogen-bond donors (Lipinski definition) is 2. The third-order valence-corrected chi connectivity index (χ3v) is 4.92. The first-order valence-corrected chi connectivity index (χ1v) is 11.5. The lowest BCUT2D eigenvalue weighted by Crippen LogP contribution is -2.40. The highest BCUT2D eigenvalue weighted by atomic mass is 32.2. The largest absolute Gasteiger partial charge is 0.357 e. The van der Waals surface area contributed by atoms with Crippen LogP contribution in [0, 0.1) is 5.82 Å². The monoisotopic (exact) mass is 414 g/mol. The van der Waals surface area contributed by atoms with Crippen LogP contribution in [0.4, 0.5) is 4.39 Å². The zero-order valence-corrected chi connectivity index (χ0v) is 17.9. The average Bonchev–Trinajstić information content (AvgIpc) is 2.61. The van der Waals surface area contributed by atoms with Crippen molar-refractivity contribution in [3.63, 3.8) is 0 Å². The van der Waals surface area contributed by atoms with E-state index in [1.54, 1.807) is 4.90 Å². The summed E-state index contributed by atoms with van der Waals surface area (Å²) in [7, 11) is -3.24. The van der Waals surface area contributed by atoms with Crippen LogP contribution < -0.4 is 10.6 Å². The van der Waals surface area contributed by atoms with E-state index in [1.807, 2.05) is 20.8 Å². The van der Waals surface area contributed by atoms with Crippen molar-refractivity contribution in [2.45, 2.75) is 39.5 Å². The zero-order valence-electron chi connectivity index (χ0n) is 17.1. The van der Waals surface area contributed by atoms with Crippen LogP contribution in [-0.4, -0.2) is 57.6 Å². The van der Waals surface area contributed by atoms with Gasteiger partial charge >= 0.3 is 0 Å². The number of nitrogens with zero attached hydrogens (tertiary/aromatic N) is 2. The van der Waals surface area contributed by atoms with Crippen LogP contribution in [0.1, 0.15) is 38.3 Å². The van der Waals surface area contributed by atoms with Crippen LogP contribution in [0.15, 0.2) is 23.2 Å². The molecule has 0 aliphatic heterocycles. The van der Waals surface area contributed by atoms with Gasteiger partial charge in [0.15, 0.2) is 15.8 Å². The number of aliphatic imine (C=N–C) groups is 1. The van der Waals surface area contributed by atoms with E-state index in [2.05, 4.69) is 15.6 Å². The van der Waals surface area contributed by atoms with Gasteiger partial charge in [0.2, 0.25) is 5.91 Å². The highest BCUT2D eigenvalue weighted by molar-refractivity contribution is 7.89. The van der Waals surface area contributed by atoms with Crippen LogP contribution >= 0.6 is 0 Å². The molecule has 0 radical (unpaired) electrons. The second kappa shape index (κ2) is 11.6. The Kier molecular flexibility index (Phi) is 9.92. The molecule has 0 aromatic heterocycles. The molecule has 0 atom stereocenters. The van der Waals surface area contributed by atoms with E-state index in [1.165, 1.54) is 18.2 Å². The third-order valence-electron chi connectivity index (χ3n) is 4.09. The SMILES string of the molecule is CCNC(=NCc1cc(F)ccc1CS(C)(=O)=O)NCCC(=O)N(CC)CC. The second-order valence-electron chi connectivity index (χ2n) is 6.42. The van der Waals surface area contributed by atoms with Crippen LogP contribution in [-0.2, 0) is 26.9 Å². The molecular formula is C19H31FN4O3S. The number of rotatable bonds is 10. The van der Waals surface area contributed by atoms with Gasteiger partial charge in [0.05, 0.1) is 12.3 Å². The molecule has 0 saturated carbocycles. The van der Waals surface area contributed by atoms with E-state index in [0.717, 1.165) is 6.26 Å². The van der Waals surface area contributed by atoms with Gasteiger partial charge in [-0.05, 0) is 44.0 Å². The third kappa shape index (κ3) is 8.69. The summed E-state index contributed by atoms with van der Waals surface area (Å²) in [5, 5.41) is 6.15. The minimum atomic E-state index is -3.24. The molecule has 1 amide bonds. The Morgan fingerprint density at radius 2 is 1.82 bits per heavy atom. The van der Waals surface area contributed by atoms with Crippen molar-refractivity contribution in [2.24, 2.45) is 4.99 Å². The molecule has 0 unspecified atom stereocenters. The van der Waals surface area contributed by atoms with E-state index < -0.39 is 15.7 Å². The van der Waals surface area contributed by atoms with E-state index in [0.29, 0.717) is 49.7 Å². The first kappa shape index (κ1) is 23.9. The summed E-state index contributed by atoms with van der Waals surface area (Å²) in [6.07, 6.45) is 1.48. The summed E-state index contributed by atoms with van der Waals surface area (Å²) in [5.74, 6) is -0.0518. The first-order valence-electron chi connectivity index (χ1n) is 9.45. The summed E-state index contributed by atoms with van der Waals surface area (Å²) in [6.45, 7) is 8.30. The Balaban J connectivity index is 2.82. The van der Waals surface area contributed by atoms with Gasteiger partial charge in [-0.15, -0.1) is 0 Å². The molecule has 1 aromatic rings. The Bertz CT molecular complexity index is 777. The molecule has 158 valence electrons. The van der Waals surface area contributed by atoms with Crippen molar-refractivity contribution in [3.8, 4) is 0 Å². The highest BCUT2D eigenvalue weighted by Crippen LogP contribution is 2.15. The first-order chi connectivity index (χ1) is 13.2. The molecule has 1 rings (SSSR count). The van der Waals surface area contributed by atoms with Crippen molar-refractivity contribution in [3.05, 3.63) is 35.1 Å². The fourth-order valence-corrected chi connectivity index (χ4v) is 3.54. The van der Waals surface area contributed by atoms with Gasteiger partial charge < -0.3 is 15.5 Å². The maximum atomic E-state index is 13.6. The molecule has 7 nitrogen and oxygen atoms in total. The Hall–Kier alpha value is -2.16. The maximum Gasteiger partial charge on any atom is 0.224 e. The van der Waals surface area contributed by atoms with E-state index in [9.17, 15) is 17.6 Å². The summed E-state index contributed by atoms with van der Waals surface area (Å²) in [4.78, 5) is 18.2. The van der Waals surface area contributed by atoms with E-state index in [-0.39, 0.29) is 18.2 Å². The van der Waals surface area contributed by atoms with Crippen molar-refractivity contribution >= 4 is 21.7 Å². The summed E-state index contributed by atoms with van der Waals surface area (Å²) in [6, 6.07) is 4.03. The van der Waals surface area contributed by atoms with Gasteiger partial charge in [0.25, 0.3) is 0 Å². The van der Waals surface area contributed by atoms with Crippen LogP contribution in [0.5, 0.6) is 0 Å². The number of nitrogens with one attached hydrogen (secondary N) is 2. The Morgan fingerprint density at radius 1 is 1.14 bits per heavy atom. The molecule has 2 N–H and O–H groups in total. The molecule has 0 aliphatic rings. The number of benzene rings is 1. The number of sulfone groups is 1. The number of hydrogen-bond acceptors (Lipinski definition) is 4. The van der Waals surface area contributed by atoms with Gasteiger partial charge in [-0.3, -0.25) is 4.79 Å². The van der Waals surface area contributed by atoms with Crippen molar-refractivity contribution in [1.29, 1.82) is 0 Å². The lowest BCUT2D eigenvalue weighted by atomic mass is 10.1. The van der Waals surface area contributed by atoms with Crippen LogP contribution in [0.2, 0.25) is 0 Å². The quantitative estimate of drug-likeness (QED) is 0.449. The standard InChI is InChI=1S/C19H31FN4O3S/c1-5-21-19(22-11-10-18(25)24(6-2)7-3)23-13-16-12-17(20)9-8-15(16)14-28(4,26)27/h8-9,12H,5-7,10-11,13-14H2,1-4H3,(H2,21,22,23). The van der Waals surface area contributed by atoms with Gasteiger partial charge in [-0.2, -0.15) is 0 Å². The van der Waals surface area contributed by atoms with Gasteiger partial charge in [0.1, 0.15) is 5.82 Å². The molecule has 0 aliphatic carbocycles. The molecular weight excluding hydrogens is 383 g/mol. The number of carbonyl (C=O) groups excluding carboxylic acids is 1. The molecule has 0 heterocycles. The number of guanidine groups is 1. The highest BCUT2D eigenvalue weighted by Gasteiger charge is 2.12. The summed E-state index contributed by atoms with van der Waals surface area (Å²) < 4.78 is 36.8. The van der Waals surface area contributed by atoms with Crippen LogP contribution in [0.25, 0.3) is 0 Å². The number of carbonyl (C=O) groups is 1. The molecule has 0 bridgehead atoms. The summed E-state index contributed by atoms with van der Waals surface area (Å²) >= 11 is 0. The molecule has 0 fully saturated rings. The predicted molar refractivity (Wildman–Crippen MR) is 110 cm³/mol. The Morgan fingerprint density at radius 3 is 2.39 bits per heavy atom. The van der Waals surface area contributed by atoms with E-state index >= 15 is 0 Å². The number of amides is 1. The molecule has 0 spiro atoms. The smallest absolute Gasteiger partial charge is 0.224 e. The Labute approximate surface area is 167 Å². The fraction of sp³-hybridized carbons (Fsp3) is 0.579. The van der Waals surface area contributed by atoms with Gasteiger partial charge in [0, 0.05) is 38.9 Å². The molecule has 0 saturated heterocycles. The maximum absolute atomic E-state index is 13.6. The van der Waals surface area contributed by atoms with Gasteiger partial charge in [-0.25, -0.2) is 17.8 Å². The molecule has 28 heavy (non-hydrogen) atoms. The lowest BCUT2D eigenvalue weighted by molar-refractivity contribution is -0.130. The van der Waals surface area contributed by atoms with Crippen LogP contribution in [0.3, 0.4) is 0 Å². The normalized spacial score (nSPS) is 12.0. The second-order valence-corrected chi connectivity index (χ2v) is 8.56. The zero-order chi connectivity index (χ0) is 21.2. The van der Waals surface area contributed by atoms with Gasteiger partial charge in [-0.1, -0.05) is 6.07 Å². The van der Waals surface area contributed by atoms with Crippen molar-refractivity contribution in [2.75, 3.05) is 32.4 Å². The lowest BCUT2D eigenvalue weighted by Gasteiger charge is -2.19. The summed E-state index contributed by atoms with van der Waals surface area (Å²) in [5.41, 5.74) is 1.04. The predicted octanol–water partition coefficient (Wildman–Crippen LogP) is 1.68. The topological polar surface area (TPSA) is 90.9 Å². The van der Waals surface area contributed by atoms with Crippen molar-refractivity contribution < 1.29 is 17.6 Å². The number of halogens is 1. The molecule has 1 aromatic carbocycles. The average molecular weight is 415 g/mol. The fourth-order valence-electron chi connectivity index (χ4n) is 2.69.